The van der Waals surface area contributed by atoms with Crippen molar-refractivity contribution in [3.63, 3.8) is 0 Å². The van der Waals surface area contributed by atoms with E-state index in [0.29, 0.717) is 36.3 Å². The molecular formula is C28H28N2O5. The van der Waals surface area contributed by atoms with Crippen molar-refractivity contribution >= 4 is 11.9 Å². The van der Waals surface area contributed by atoms with E-state index < -0.39 is 18.5 Å². The Bertz CT molecular complexity index is 1190. The molecule has 0 bridgehead atoms. The summed E-state index contributed by atoms with van der Waals surface area (Å²) in [5, 5.41) is 8.97. The topological polar surface area (TPSA) is 125 Å². The molecule has 0 radical (unpaired) electrons. The molecule has 0 fully saturated rings. The van der Waals surface area contributed by atoms with Crippen LogP contribution in [0.2, 0.25) is 0 Å². The standard InChI is InChI=1S/C28H28N2O5/c29-27(25(18-8-3-1-4-9-18)19-10-5-2-6-11-19)26(28(33)35-30)21-14-15-22-20(16-21)12-7-13-23(22)34-17-24(31)32/h1-13,21,25H,14-17,29-30H2,(H,31,32)/b27-26+. The lowest BCUT2D eigenvalue weighted by Crippen LogP contribution is -2.29. The molecule has 1 unspecified atom stereocenters. The molecule has 7 nitrogen and oxygen atoms in total. The Morgan fingerprint density at radius 3 is 2.14 bits per heavy atom. The maximum atomic E-state index is 13.0. The van der Waals surface area contributed by atoms with E-state index >= 15 is 0 Å². The van der Waals surface area contributed by atoms with E-state index in [1.165, 1.54) is 0 Å². The second-order valence-corrected chi connectivity index (χ2v) is 8.54. The lowest BCUT2D eigenvalue weighted by molar-refractivity contribution is -0.140. The number of carboxylic acids is 1. The summed E-state index contributed by atoms with van der Waals surface area (Å²) in [7, 11) is 0. The van der Waals surface area contributed by atoms with E-state index in [1.807, 2.05) is 72.8 Å². The molecule has 3 aromatic carbocycles. The van der Waals surface area contributed by atoms with Crippen LogP contribution in [0.1, 0.15) is 34.6 Å². The molecule has 5 N–H and O–H groups in total. The average molecular weight is 473 g/mol. The van der Waals surface area contributed by atoms with E-state index in [0.717, 1.165) is 22.3 Å². The Labute approximate surface area is 203 Å². The predicted octanol–water partition coefficient (Wildman–Crippen LogP) is 3.72. The zero-order chi connectivity index (χ0) is 24.8. The lowest BCUT2D eigenvalue weighted by atomic mass is 9.76. The van der Waals surface area contributed by atoms with Gasteiger partial charge in [-0.05, 0) is 53.5 Å². The minimum Gasteiger partial charge on any atom is -0.482 e. The van der Waals surface area contributed by atoms with Gasteiger partial charge in [0.1, 0.15) is 5.75 Å². The number of carbonyl (C=O) groups excluding carboxylic acids is 1. The number of benzene rings is 3. The van der Waals surface area contributed by atoms with Crippen LogP contribution in [-0.2, 0) is 27.3 Å². The fourth-order valence-electron chi connectivity index (χ4n) is 4.88. The van der Waals surface area contributed by atoms with E-state index in [9.17, 15) is 9.59 Å². The number of aliphatic carboxylic acids is 1. The molecule has 35 heavy (non-hydrogen) atoms. The fraction of sp³-hybridized carbons (Fsp3) is 0.214. The third-order valence-corrected chi connectivity index (χ3v) is 6.41. The average Bonchev–Trinajstić information content (AvgIpc) is 2.88. The number of carboxylic acid groups (broad SMARTS) is 1. The summed E-state index contributed by atoms with van der Waals surface area (Å²) in [6, 6.07) is 25.1. The van der Waals surface area contributed by atoms with Crippen LogP contribution in [0.25, 0.3) is 0 Å². The second kappa shape index (κ2) is 10.9. The number of rotatable bonds is 8. The molecule has 3 aromatic rings. The number of carbonyl (C=O) groups is 2. The molecule has 0 aliphatic heterocycles. The Hall–Kier alpha value is -4.10. The van der Waals surface area contributed by atoms with Crippen LogP contribution in [0.4, 0.5) is 0 Å². The SMILES string of the molecule is NOC(=O)/C(=C(/N)C(c1ccccc1)c1ccccc1)C1CCc2c(cccc2OCC(=O)O)C1. The van der Waals surface area contributed by atoms with Crippen LogP contribution >= 0.6 is 0 Å². The van der Waals surface area contributed by atoms with Gasteiger partial charge in [-0.1, -0.05) is 72.8 Å². The van der Waals surface area contributed by atoms with Gasteiger partial charge in [0.25, 0.3) is 0 Å². The number of nitrogens with two attached hydrogens (primary N) is 2. The Morgan fingerprint density at radius 2 is 1.57 bits per heavy atom. The van der Waals surface area contributed by atoms with Crippen molar-refractivity contribution in [2.45, 2.75) is 25.2 Å². The summed E-state index contributed by atoms with van der Waals surface area (Å²) in [4.78, 5) is 28.7. The number of ether oxygens (including phenoxy) is 1. The van der Waals surface area contributed by atoms with Crippen molar-refractivity contribution in [1.82, 2.24) is 0 Å². The normalized spacial score (nSPS) is 15.7. The second-order valence-electron chi connectivity index (χ2n) is 8.54. The minimum atomic E-state index is -1.03. The van der Waals surface area contributed by atoms with Crippen molar-refractivity contribution in [2.75, 3.05) is 6.61 Å². The summed E-state index contributed by atoms with van der Waals surface area (Å²) in [6.07, 6.45) is 1.74. The first-order chi connectivity index (χ1) is 17.0. The lowest BCUT2D eigenvalue weighted by Gasteiger charge is -2.30. The van der Waals surface area contributed by atoms with Gasteiger partial charge in [-0.25, -0.2) is 9.59 Å². The zero-order valence-corrected chi connectivity index (χ0v) is 19.2. The molecule has 1 atom stereocenters. The smallest absolute Gasteiger partial charge is 0.354 e. The highest BCUT2D eigenvalue weighted by molar-refractivity contribution is 5.90. The van der Waals surface area contributed by atoms with Gasteiger partial charge < -0.3 is 20.4 Å². The van der Waals surface area contributed by atoms with Gasteiger partial charge in [-0.2, -0.15) is 5.90 Å². The summed E-state index contributed by atoms with van der Waals surface area (Å²) in [6.45, 7) is -0.409. The summed E-state index contributed by atoms with van der Waals surface area (Å²) < 4.78 is 5.48. The van der Waals surface area contributed by atoms with Gasteiger partial charge in [0.15, 0.2) is 6.61 Å². The number of allylic oxidation sites excluding steroid dienone is 1. The highest BCUT2D eigenvalue weighted by Crippen LogP contribution is 2.39. The molecule has 1 aliphatic rings. The molecule has 7 heteroatoms. The van der Waals surface area contributed by atoms with Crippen molar-refractivity contribution < 1.29 is 24.3 Å². The van der Waals surface area contributed by atoms with Crippen LogP contribution in [-0.4, -0.2) is 23.7 Å². The molecule has 180 valence electrons. The van der Waals surface area contributed by atoms with Gasteiger partial charge in [0, 0.05) is 11.6 Å². The van der Waals surface area contributed by atoms with Gasteiger partial charge in [-0.3, -0.25) is 0 Å². The zero-order valence-electron chi connectivity index (χ0n) is 19.2. The summed E-state index contributed by atoms with van der Waals surface area (Å²) in [5.41, 5.74) is 11.4. The van der Waals surface area contributed by atoms with Crippen LogP contribution in [0.3, 0.4) is 0 Å². The third-order valence-electron chi connectivity index (χ3n) is 6.41. The highest BCUT2D eigenvalue weighted by atomic mass is 16.7. The predicted molar refractivity (Wildman–Crippen MR) is 131 cm³/mol. The first kappa shape index (κ1) is 24.0. The van der Waals surface area contributed by atoms with E-state index in [1.54, 1.807) is 6.07 Å². The number of hydrogen-bond acceptors (Lipinski definition) is 6. The van der Waals surface area contributed by atoms with Crippen molar-refractivity contribution in [3.05, 3.63) is 112 Å². The van der Waals surface area contributed by atoms with Gasteiger partial charge in [-0.15, -0.1) is 0 Å². The van der Waals surface area contributed by atoms with Crippen LogP contribution < -0.4 is 16.4 Å². The molecule has 4 rings (SSSR count). The Kier molecular flexibility index (Phi) is 7.48. The van der Waals surface area contributed by atoms with Gasteiger partial charge in [0.05, 0.1) is 5.57 Å². The highest BCUT2D eigenvalue weighted by Gasteiger charge is 2.33. The first-order valence-corrected chi connectivity index (χ1v) is 11.5. The number of hydrogen-bond donors (Lipinski definition) is 3. The molecular weight excluding hydrogens is 444 g/mol. The molecule has 0 spiro atoms. The van der Waals surface area contributed by atoms with E-state index in [-0.39, 0.29) is 11.8 Å². The fourth-order valence-corrected chi connectivity index (χ4v) is 4.88. The largest absolute Gasteiger partial charge is 0.482 e. The van der Waals surface area contributed by atoms with Gasteiger partial charge in [0.2, 0.25) is 0 Å². The molecule has 0 amide bonds. The van der Waals surface area contributed by atoms with Crippen molar-refractivity contribution in [3.8, 4) is 5.75 Å². The summed E-state index contributed by atoms with van der Waals surface area (Å²) >= 11 is 0. The third kappa shape index (κ3) is 5.36. The van der Waals surface area contributed by atoms with Crippen molar-refractivity contribution in [1.29, 1.82) is 0 Å². The molecule has 0 saturated carbocycles. The monoisotopic (exact) mass is 472 g/mol. The van der Waals surface area contributed by atoms with Crippen LogP contribution in [0.15, 0.2) is 90.1 Å². The molecule has 0 heterocycles. The van der Waals surface area contributed by atoms with Crippen LogP contribution in [0, 0.1) is 5.92 Å². The van der Waals surface area contributed by atoms with Gasteiger partial charge >= 0.3 is 11.9 Å². The maximum absolute atomic E-state index is 13.0. The summed E-state index contributed by atoms with van der Waals surface area (Å²) in [5.74, 6) is 3.67. The minimum absolute atomic E-state index is 0.219. The van der Waals surface area contributed by atoms with E-state index in [2.05, 4.69) is 0 Å². The molecule has 0 saturated heterocycles. The maximum Gasteiger partial charge on any atom is 0.354 e. The van der Waals surface area contributed by atoms with E-state index in [4.69, 9.17) is 26.3 Å². The first-order valence-electron chi connectivity index (χ1n) is 11.5. The Morgan fingerprint density at radius 1 is 0.943 bits per heavy atom. The molecule has 1 aliphatic carbocycles. The molecule has 0 aromatic heterocycles. The van der Waals surface area contributed by atoms with Crippen LogP contribution in [0.5, 0.6) is 5.75 Å². The Balaban J connectivity index is 1.75. The number of fused-ring (bicyclic) bond motifs is 1. The quantitative estimate of drug-likeness (QED) is 0.337. The van der Waals surface area contributed by atoms with Crippen molar-refractivity contribution in [2.24, 2.45) is 17.5 Å².